The topological polar surface area (TPSA) is 12.0 Å². The molecule has 1 rings (SSSR count). The van der Waals surface area contributed by atoms with Gasteiger partial charge in [0.05, 0.1) is 0 Å². The van der Waals surface area contributed by atoms with E-state index >= 15 is 0 Å². The Morgan fingerprint density at radius 3 is 2.78 bits per heavy atom. The van der Waals surface area contributed by atoms with Crippen LogP contribution in [0.15, 0.2) is 35.1 Å². The molecule has 0 fully saturated rings. The van der Waals surface area contributed by atoms with Crippen LogP contribution in [0.3, 0.4) is 0 Å². The molecule has 1 N–H and O–H groups in total. The first-order valence-corrected chi connectivity index (χ1v) is 7.26. The van der Waals surface area contributed by atoms with Crippen LogP contribution in [0.2, 0.25) is 0 Å². The number of hydrogen-bond acceptors (Lipinski definition) is 1. The molecule has 0 aliphatic carbocycles. The Bertz CT molecular complexity index is 356. The van der Waals surface area contributed by atoms with Crippen molar-refractivity contribution >= 4 is 0 Å². The van der Waals surface area contributed by atoms with Crippen LogP contribution in [-0.4, -0.2) is 6.54 Å². The molecule has 0 unspecified atom stereocenters. The Labute approximate surface area is 113 Å². The number of nitrogens with one attached hydrogen (secondary N) is 1. The van der Waals surface area contributed by atoms with E-state index in [1.54, 1.807) is 0 Å². The van der Waals surface area contributed by atoms with Gasteiger partial charge in [0.2, 0.25) is 0 Å². The fourth-order valence-electron chi connectivity index (χ4n) is 2.68. The van der Waals surface area contributed by atoms with E-state index in [2.05, 4.69) is 58.2 Å². The van der Waals surface area contributed by atoms with Crippen molar-refractivity contribution in [2.45, 2.75) is 60.3 Å². The summed E-state index contributed by atoms with van der Waals surface area (Å²) in [5.41, 5.74) is 4.55. The van der Waals surface area contributed by atoms with E-state index in [1.807, 2.05) is 0 Å². The SMILES string of the molecule is CCC/C(C)=C/C=C\C1=C(C)NCCCC1(C)C. The predicted molar refractivity (Wildman–Crippen MR) is 81.5 cm³/mol. The third kappa shape index (κ3) is 4.36. The smallest absolute Gasteiger partial charge is 0.0144 e. The molecule has 0 amide bonds. The third-order valence-corrected chi connectivity index (χ3v) is 3.79. The molecular weight excluding hydrogens is 218 g/mol. The first-order chi connectivity index (χ1) is 8.47. The maximum atomic E-state index is 3.52. The summed E-state index contributed by atoms with van der Waals surface area (Å²) in [6.07, 6.45) is 11.7. The van der Waals surface area contributed by atoms with Gasteiger partial charge in [-0.1, -0.05) is 51.0 Å². The van der Waals surface area contributed by atoms with E-state index in [0.717, 1.165) is 6.54 Å². The van der Waals surface area contributed by atoms with Gasteiger partial charge in [-0.05, 0) is 44.1 Å². The van der Waals surface area contributed by atoms with E-state index in [-0.39, 0.29) is 5.41 Å². The molecule has 1 nitrogen and oxygen atoms in total. The molecule has 1 aliphatic heterocycles. The average Bonchev–Trinajstić information content (AvgIpc) is 2.41. The van der Waals surface area contributed by atoms with Gasteiger partial charge in [-0.15, -0.1) is 0 Å². The summed E-state index contributed by atoms with van der Waals surface area (Å²) in [6, 6.07) is 0. The van der Waals surface area contributed by atoms with Crippen LogP contribution < -0.4 is 5.32 Å². The average molecular weight is 247 g/mol. The second-order valence-corrected chi connectivity index (χ2v) is 6.08. The summed E-state index contributed by atoms with van der Waals surface area (Å²) in [5, 5.41) is 3.52. The summed E-state index contributed by atoms with van der Waals surface area (Å²) in [4.78, 5) is 0. The Morgan fingerprint density at radius 2 is 2.11 bits per heavy atom. The van der Waals surface area contributed by atoms with Crippen molar-refractivity contribution in [2.24, 2.45) is 5.41 Å². The minimum absolute atomic E-state index is 0.288. The fourth-order valence-corrected chi connectivity index (χ4v) is 2.68. The molecule has 1 aliphatic rings. The van der Waals surface area contributed by atoms with Crippen molar-refractivity contribution < 1.29 is 0 Å². The van der Waals surface area contributed by atoms with Gasteiger partial charge in [0.15, 0.2) is 0 Å². The van der Waals surface area contributed by atoms with Crippen LogP contribution in [0, 0.1) is 5.41 Å². The number of allylic oxidation sites excluding steroid dienone is 6. The lowest BCUT2D eigenvalue weighted by atomic mass is 9.79. The minimum atomic E-state index is 0.288. The number of hydrogen-bond donors (Lipinski definition) is 1. The molecule has 0 radical (unpaired) electrons. The molecule has 102 valence electrons. The quantitative estimate of drug-likeness (QED) is 0.691. The van der Waals surface area contributed by atoms with Crippen molar-refractivity contribution in [3.63, 3.8) is 0 Å². The Balaban J connectivity index is 2.84. The maximum Gasteiger partial charge on any atom is 0.0144 e. The largest absolute Gasteiger partial charge is 0.388 e. The molecule has 0 spiro atoms. The molecule has 18 heavy (non-hydrogen) atoms. The number of rotatable bonds is 4. The molecule has 1 heterocycles. The van der Waals surface area contributed by atoms with E-state index < -0.39 is 0 Å². The summed E-state index contributed by atoms with van der Waals surface area (Å²) in [7, 11) is 0. The highest BCUT2D eigenvalue weighted by Gasteiger charge is 2.24. The van der Waals surface area contributed by atoms with Crippen LogP contribution in [0.4, 0.5) is 0 Å². The van der Waals surface area contributed by atoms with E-state index in [9.17, 15) is 0 Å². The van der Waals surface area contributed by atoms with Crippen LogP contribution in [0.5, 0.6) is 0 Å². The van der Waals surface area contributed by atoms with Gasteiger partial charge in [-0.3, -0.25) is 0 Å². The van der Waals surface area contributed by atoms with Crippen LogP contribution in [0.25, 0.3) is 0 Å². The Kier molecular flexibility index (Phi) is 5.71. The maximum absolute atomic E-state index is 3.52. The monoisotopic (exact) mass is 247 g/mol. The second kappa shape index (κ2) is 6.82. The zero-order chi connectivity index (χ0) is 13.6. The summed E-state index contributed by atoms with van der Waals surface area (Å²) >= 11 is 0. The van der Waals surface area contributed by atoms with Gasteiger partial charge in [0.25, 0.3) is 0 Å². The van der Waals surface area contributed by atoms with E-state index in [4.69, 9.17) is 0 Å². The highest BCUT2D eigenvalue weighted by Crippen LogP contribution is 2.35. The molecule has 0 atom stereocenters. The minimum Gasteiger partial charge on any atom is -0.388 e. The predicted octanol–water partition coefficient (Wildman–Crippen LogP) is 4.97. The van der Waals surface area contributed by atoms with Crippen LogP contribution >= 0.6 is 0 Å². The highest BCUT2D eigenvalue weighted by molar-refractivity contribution is 5.33. The summed E-state index contributed by atoms with van der Waals surface area (Å²) in [5.74, 6) is 0. The molecule has 0 aromatic carbocycles. The van der Waals surface area contributed by atoms with Crippen molar-refractivity contribution in [3.8, 4) is 0 Å². The first-order valence-electron chi connectivity index (χ1n) is 7.26. The van der Waals surface area contributed by atoms with Gasteiger partial charge >= 0.3 is 0 Å². The molecule has 0 aromatic heterocycles. The summed E-state index contributed by atoms with van der Waals surface area (Å²) in [6.45, 7) is 12.5. The first kappa shape index (κ1) is 15.1. The molecule has 1 heteroatoms. The standard InChI is InChI=1S/C17H29N/c1-6-9-14(2)10-7-11-16-15(3)18-13-8-12-17(16,4)5/h7,10-11,18H,6,8-9,12-13H2,1-5H3/b11-7-,14-10+. The van der Waals surface area contributed by atoms with Crippen molar-refractivity contribution in [3.05, 3.63) is 35.1 Å². The zero-order valence-electron chi connectivity index (χ0n) is 12.8. The van der Waals surface area contributed by atoms with E-state index in [1.165, 1.54) is 42.5 Å². The van der Waals surface area contributed by atoms with Gasteiger partial charge in [-0.25, -0.2) is 0 Å². The van der Waals surface area contributed by atoms with Crippen molar-refractivity contribution in [1.82, 2.24) is 5.32 Å². The van der Waals surface area contributed by atoms with Gasteiger partial charge in [0, 0.05) is 12.2 Å². The van der Waals surface area contributed by atoms with Crippen LogP contribution in [0.1, 0.15) is 60.3 Å². The lowest BCUT2D eigenvalue weighted by molar-refractivity contribution is 0.412. The molecule has 0 saturated heterocycles. The fraction of sp³-hybridized carbons (Fsp3) is 0.647. The molecular formula is C17H29N. The molecule has 0 aromatic rings. The molecule has 0 saturated carbocycles. The van der Waals surface area contributed by atoms with Gasteiger partial charge in [0.1, 0.15) is 0 Å². The van der Waals surface area contributed by atoms with E-state index in [0.29, 0.717) is 0 Å². The Morgan fingerprint density at radius 1 is 1.39 bits per heavy atom. The normalized spacial score (nSPS) is 21.1. The third-order valence-electron chi connectivity index (χ3n) is 3.79. The Hall–Kier alpha value is -0.980. The zero-order valence-corrected chi connectivity index (χ0v) is 12.8. The second-order valence-electron chi connectivity index (χ2n) is 6.08. The lowest BCUT2D eigenvalue weighted by Gasteiger charge is -2.25. The molecule has 0 bridgehead atoms. The summed E-state index contributed by atoms with van der Waals surface area (Å²) < 4.78 is 0. The van der Waals surface area contributed by atoms with Crippen molar-refractivity contribution in [2.75, 3.05) is 6.54 Å². The highest BCUT2D eigenvalue weighted by atomic mass is 14.9. The van der Waals surface area contributed by atoms with Crippen LogP contribution in [-0.2, 0) is 0 Å². The van der Waals surface area contributed by atoms with Gasteiger partial charge in [-0.2, -0.15) is 0 Å². The van der Waals surface area contributed by atoms with Crippen molar-refractivity contribution in [1.29, 1.82) is 0 Å². The van der Waals surface area contributed by atoms with Gasteiger partial charge < -0.3 is 5.32 Å². The lowest BCUT2D eigenvalue weighted by Crippen LogP contribution is -2.15.